The Kier molecular flexibility index (Phi) is 14.5. The lowest BCUT2D eigenvalue weighted by Gasteiger charge is -2.60. The summed E-state index contributed by atoms with van der Waals surface area (Å²) in [6.45, 7) is 14.7. The molecule has 1 amide bonds. The fourth-order valence-electron chi connectivity index (χ4n) is 9.88. The zero-order valence-corrected chi connectivity index (χ0v) is 36.9. The maximum absolute atomic E-state index is 15.5. The summed E-state index contributed by atoms with van der Waals surface area (Å²) in [5, 5.41) is 36.7. The number of aliphatic hydroxyl groups excluding tert-OH is 2. The molecule has 3 aliphatic rings. The van der Waals surface area contributed by atoms with Gasteiger partial charge in [0.2, 0.25) is 5.79 Å². The number of hydrogen-bond acceptors (Lipinski definition) is 9. The molecule has 1 aliphatic heterocycles. The van der Waals surface area contributed by atoms with Crippen molar-refractivity contribution in [3.8, 4) is 17.6 Å². The van der Waals surface area contributed by atoms with Gasteiger partial charge in [-0.15, -0.1) is 6.58 Å². The zero-order chi connectivity index (χ0) is 44.6. The van der Waals surface area contributed by atoms with E-state index in [-0.39, 0.29) is 56.4 Å². The number of carbonyl (C=O) groups is 1. The van der Waals surface area contributed by atoms with E-state index in [0.29, 0.717) is 47.8 Å². The van der Waals surface area contributed by atoms with Crippen molar-refractivity contribution in [1.29, 1.82) is 5.26 Å². The molecular weight excluding hydrogens is 791 g/mol. The average molecular weight is 852 g/mol. The molecule has 1 saturated carbocycles. The van der Waals surface area contributed by atoms with Crippen LogP contribution in [0.2, 0.25) is 0 Å². The van der Waals surface area contributed by atoms with Crippen LogP contribution in [0.3, 0.4) is 0 Å². The Morgan fingerprint density at radius 3 is 2.40 bits per heavy atom. The Labute approximate surface area is 372 Å². The van der Waals surface area contributed by atoms with Crippen molar-refractivity contribution in [2.75, 3.05) is 26.4 Å². The van der Waals surface area contributed by atoms with E-state index in [9.17, 15) is 15.5 Å². The highest BCUT2D eigenvalue weighted by molar-refractivity contribution is 6.03. The van der Waals surface area contributed by atoms with Crippen molar-refractivity contribution in [2.45, 2.75) is 95.6 Å². The fraction of sp³-hybridized carbons (Fsp3) is 0.415. The molecule has 4 aromatic rings. The van der Waals surface area contributed by atoms with E-state index < -0.39 is 23.3 Å². The zero-order valence-electron chi connectivity index (χ0n) is 36.9. The summed E-state index contributed by atoms with van der Waals surface area (Å²) in [6.07, 6.45) is 10.6. The molecule has 2 aliphatic carbocycles. The molecule has 0 saturated heterocycles. The number of benzene rings is 4. The van der Waals surface area contributed by atoms with E-state index in [0.717, 1.165) is 53.2 Å². The first kappa shape index (κ1) is 45.3. The molecular formula is C53H61N3O7. The van der Waals surface area contributed by atoms with Gasteiger partial charge in [0.15, 0.2) is 0 Å². The predicted octanol–water partition coefficient (Wildman–Crippen LogP) is 10.1. The van der Waals surface area contributed by atoms with Crippen LogP contribution in [0.15, 0.2) is 127 Å². The summed E-state index contributed by atoms with van der Waals surface area (Å²) in [6, 6.07) is 28.4. The molecule has 0 radical (unpaired) electrons. The second kappa shape index (κ2) is 20.2. The van der Waals surface area contributed by atoms with Gasteiger partial charge in [0.1, 0.15) is 29.7 Å². The minimum absolute atomic E-state index is 0.0530. The Morgan fingerprint density at radius 2 is 1.68 bits per heavy atom. The minimum atomic E-state index is -1.46. The normalized spacial score (nSPS) is 23.1. The van der Waals surface area contributed by atoms with Gasteiger partial charge in [-0.3, -0.25) is 4.79 Å². The molecule has 330 valence electrons. The number of nitriles is 1. The van der Waals surface area contributed by atoms with Crippen molar-refractivity contribution in [1.82, 2.24) is 4.90 Å². The third-order valence-corrected chi connectivity index (χ3v) is 12.6. The lowest BCUT2D eigenvalue weighted by molar-refractivity contribution is -0.255. The number of unbranched alkanes of at least 4 members (excludes halogenated alkanes) is 2. The Bertz CT molecular complexity index is 2350. The molecule has 1 heterocycles. The Balaban J connectivity index is 1.52. The van der Waals surface area contributed by atoms with E-state index in [1.165, 1.54) is 0 Å². The van der Waals surface area contributed by atoms with Crippen LogP contribution in [0, 0.1) is 29.1 Å². The lowest BCUT2D eigenvalue weighted by Crippen LogP contribution is -2.70. The van der Waals surface area contributed by atoms with Crippen LogP contribution in [0.1, 0.15) is 98.7 Å². The topological polar surface area (TPSA) is 134 Å². The van der Waals surface area contributed by atoms with Crippen molar-refractivity contribution in [3.05, 3.63) is 144 Å². The van der Waals surface area contributed by atoms with E-state index in [1.54, 1.807) is 36.4 Å². The van der Waals surface area contributed by atoms with Gasteiger partial charge in [0, 0.05) is 43.2 Å². The van der Waals surface area contributed by atoms with Crippen molar-refractivity contribution >= 4 is 22.4 Å². The number of oxime groups is 1. The Hall–Kier alpha value is -5.73. The third kappa shape index (κ3) is 9.77. The van der Waals surface area contributed by atoms with Crippen LogP contribution in [-0.2, 0) is 16.1 Å². The van der Waals surface area contributed by atoms with Gasteiger partial charge in [-0.25, -0.2) is 0 Å². The fourth-order valence-corrected chi connectivity index (χ4v) is 9.88. The summed E-state index contributed by atoms with van der Waals surface area (Å²) < 4.78 is 20.9. The van der Waals surface area contributed by atoms with Crippen LogP contribution >= 0.6 is 0 Å². The van der Waals surface area contributed by atoms with Crippen LogP contribution in [0.5, 0.6) is 11.5 Å². The van der Waals surface area contributed by atoms with Crippen LogP contribution in [0.4, 0.5) is 0 Å². The highest BCUT2D eigenvalue weighted by Crippen LogP contribution is 2.62. The number of carbonyl (C=O) groups excluding carboxylic acids is 1. The number of fused-ring (bicyclic) bond motifs is 3. The van der Waals surface area contributed by atoms with Crippen LogP contribution in [0.25, 0.3) is 10.8 Å². The van der Waals surface area contributed by atoms with Gasteiger partial charge in [0.25, 0.3) is 5.91 Å². The number of amides is 1. The predicted molar refractivity (Wildman–Crippen MR) is 246 cm³/mol. The van der Waals surface area contributed by atoms with Gasteiger partial charge in [-0.1, -0.05) is 85.3 Å². The first-order chi connectivity index (χ1) is 30.5. The van der Waals surface area contributed by atoms with Gasteiger partial charge in [-0.05, 0) is 123 Å². The molecule has 10 heteroatoms. The molecule has 0 bridgehead atoms. The molecule has 10 nitrogen and oxygen atoms in total. The second-order valence-electron chi connectivity index (χ2n) is 17.8. The first-order valence-corrected chi connectivity index (χ1v) is 22.3. The highest BCUT2D eigenvalue weighted by atomic mass is 16.7. The summed E-state index contributed by atoms with van der Waals surface area (Å²) >= 11 is 0. The monoisotopic (exact) mass is 851 g/mol. The molecule has 2 N–H and O–H groups in total. The Morgan fingerprint density at radius 1 is 0.952 bits per heavy atom. The number of nitrogens with zero attached hydrogens (tertiary/aromatic N) is 3. The smallest absolute Gasteiger partial charge is 0.254 e. The summed E-state index contributed by atoms with van der Waals surface area (Å²) in [4.78, 5) is 23.7. The van der Waals surface area contributed by atoms with E-state index in [2.05, 4.69) is 55.6 Å². The van der Waals surface area contributed by atoms with E-state index >= 15 is 4.79 Å². The molecule has 63 heavy (non-hydrogen) atoms. The molecule has 4 aromatic carbocycles. The number of hydrogen-bond donors (Lipinski definition) is 2. The summed E-state index contributed by atoms with van der Waals surface area (Å²) in [5.74, 6) is -0.953. The summed E-state index contributed by atoms with van der Waals surface area (Å²) in [7, 11) is 0. The van der Waals surface area contributed by atoms with E-state index in [4.69, 9.17) is 24.2 Å². The lowest BCUT2D eigenvalue weighted by atomic mass is 9.55. The van der Waals surface area contributed by atoms with E-state index in [1.807, 2.05) is 56.0 Å². The number of allylic oxidation sites excluding steroid dienone is 1. The number of rotatable bonds is 19. The molecule has 7 rings (SSSR count). The van der Waals surface area contributed by atoms with Crippen LogP contribution < -0.4 is 9.47 Å². The van der Waals surface area contributed by atoms with Gasteiger partial charge < -0.3 is 34.2 Å². The number of ether oxygens (including phenoxy) is 3. The maximum Gasteiger partial charge on any atom is 0.254 e. The molecule has 0 spiro atoms. The quantitative estimate of drug-likeness (QED) is 0.0541. The molecule has 6 unspecified atom stereocenters. The minimum Gasteiger partial charge on any atom is -0.490 e. The average Bonchev–Trinajstić information content (AvgIpc) is 3.29. The van der Waals surface area contributed by atoms with Crippen molar-refractivity contribution < 1.29 is 34.1 Å². The third-order valence-electron chi connectivity index (χ3n) is 12.6. The van der Waals surface area contributed by atoms with Gasteiger partial charge >= 0.3 is 0 Å². The van der Waals surface area contributed by atoms with Gasteiger partial charge in [0.05, 0.1) is 29.9 Å². The van der Waals surface area contributed by atoms with Gasteiger partial charge in [-0.2, -0.15) is 5.26 Å². The maximum atomic E-state index is 15.5. The molecule has 1 fully saturated rings. The summed E-state index contributed by atoms with van der Waals surface area (Å²) in [5.41, 5.74) is 3.85. The largest absolute Gasteiger partial charge is 0.490 e. The highest BCUT2D eigenvalue weighted by Gasteiger charge is 2.65. The second-order valence-corrected chi connectivity index (χ2v) is 17.8. The molecule has 0 aromatic heterocycles. The van der Waals surface area contributed by atoms with Crippen molar-refractivity contribution in [2.24, 2.45) is 22.9 Å². The SMILES string of the molecule is C=CCOc1ccc2c(c1)C1C(CCCCO)C(CCCCO)C=C3C(=NOC(C)(C)C)CC(N(Cc4cccc5ccccc45)C(=O)c4ccc(C#N)cc4)C(OCC=C)(O2)C31. The first-order valence-electron chi connectivity index (χ1n) is 22.3. The standard InChI is InChI=1S/C53H61N3O7/c1-6-29-60-41-25-26-47-45(32-41)49-43(20-11-13-28-58)39(16-10-12-27-57)31-44-46(55-63-52(3,4)5)33-48(53(62-47,50(44)49)61-30-7-2)56(51(59)38-23-21-36(34-54)22-24-38)35-40-18-14-17-37-15-8-9-19-42(37)40/h6-9,14-15,17-19,21-26,31-32,39,43,48-50,57-58H,1-2,10-13,16,20,27-30,33,35H2,3-5H3. The van der Waals surface area contributed by atoms with Crippen molar-refractivity contribution in [3.63, 3.8) is 0 Å². The molecule has 6 atom stereocenters. The number of aliphatic hydroxyl groups is 2. The van der Waals surface area contributed by atoms with Crippen LogP contribution in [-0.4, -0.2) is 70.6 Å².